The largest absolute Gasteiger partial charge is 0.337 e. The van der Waals surface area contributed by atoms with Gasteiger partial charge in [0.25, 0.3) is 11.8 Å². The van der Waals surface area contributed by atoms with Crippen LogP contribution >= 0.6 is 12.4 Å². The van der Waals surface area contributed by atoms with Crippen molar-refractivity contribution in [3.8, 4) is 0 Å². The van der Waals surface area contributed by atoms with Gasteiger partial charge in [0.15, 0.2) is 0 Å². The van der Waals surface area contributed by atoms with Gasteiger partial charge in [-0.3, -0.25) is 24.5 Å². The maximum atomic E-state index is 12.3. The van der Waals surface area contributed by atoms with Gasteiger partial charge in [0.1, 0.15) is 12.6 Å². The average molecular weight is 414 g/mol. The molecule has 1 heterocycles. The molecule has 1 fully saturated rings. The number of likely N-dealkylation sites (tertiary alicyclic amines) is 1. The minimum Gasteiger partial charge on any atom is -0.337 e. The number of carbonyl (C=O) groups excluding carboxylic acids is 4. The SMILES string of the molecule is Cl.N[C@H](CNC(=O)N[C@H]1CCC(=O)N(CC(=O)NO)C1=O)Cc1ccccc1. The van der Waals surface area contributed by atoms with E-state index in [1.54, 1.807) is 0 Å². The lowest BCUT2D eigenvalue weighted by Gasteiger charge is -2.30. The highest BCUT2D eigenvalue weighted by molar-refractivity contribution is 6.04. The first kappa shape index (κ1) is 23.3. The fourth-order valence-electron chi connectivity index (χ4n) is 2.74. The van der Waals surface area contributed by atoms with E-state index in [0.29, 0.717) is 11.3 Å². The van der Waals surface area contributed by atoms with Gasteiger partial charge in [-0.1, -0.05) is 30.3 Å². The molecule has 0 radical (unpaired) electrons. The van der Waals surface area contributed by atoms with Gasteiger partial charge in [-0.25, -0.2) is 10.3 Å². The molecule has 10 nitrogen and oxygen atoms in total. The van der Waals surface area contributed by atoms with Gasteiger partial charge >= 0.3 is 6.03 Å². The second kappa shape index (κ2) is 11.2. The van der Waals surface area contributed by atoms with Crippen LogP contribution in [0.25, 0.3) is 0 Å². The molecule has 0 saturated carbocycles. The van der Waals surface area contributed by atoms with Gasteiger partial charge < -0.3 is 16.4 Å². The Morgan fingerprint density at radius 1 is 1.25 bits per heavy atom. The number of piperidine rings is 1. The first-order valence-corrected chi connectivity index (χ1v) is 8.51. The van der Waals surface area contributed by atoms with Crippen LogP contribution in [0.4, 0.5) is 4.79 Å². The van der Waals surface area contributed by atoms with Crippen molar-refractivity contribution in [2.45, 2.75) is 31.3 Å². The maximum Gasteiger partial charge on any atom is 0.315 e. The summed E-state index contributed by atoms with van der Waals surface area (Å²) >= 11 is 0. The van der Waals surface area contributed by atoms with Crippen LogP contribution in [0.5, 0.6) is 0 Å². The summed E-state index contributed by atoms with van der Waals surface area (Å²) < 4.78 is 0. The van der Waals surface area contributed by atoms with Gasteiger partial charge in [0, 0.05) is 19.0 Å². The number of hydrogen-bond donors (Lipinski definition) is 5. The zero-order chi connectivity index (χ0) is 19.8. The van der Waals surface area contributed by atoms with Crippen LogP contribution in [0.1, 0.15) is 18.4 Å². The molecular weight excluding hydrogens is 390 g/mol. The number of amides is 5. The Morgan fingerprint density at radius 3 is 2.57 bits per heavy atom. The van der Waals surface area contributed by atoms with Crippen LogP contribution in [0, 0.1) is 0 Å². The number of carbonyl (C=O) groups is 4. The number of imide groups is 1. The van der Waals surface area contributed by atoms with E-state index in [4.69, 9.17) is 10.9 Å². The molecule has 6 N–H and O–H groups in total. The minimum atomic E-state index is -0.931. The van der Waals surface area contributed by atoms with Crippen LogP contribution in [0.15, 0.2) is 30.3 Å². The van der Waals surface area contributed by atoms with Gasteiger partial charge in [0.05, 0.1) is 0 Å². The van der Waals surface area contributed by atoms with Crippen molar-refractivity contribution in [3.63, 3.8) is 0 Å². The number of urea groups is 1. The standard InChI is InChI=1S/C17H23N5O5.ClH/c18-12(8-11-4-2-1-3-5-11)9-19-17(26)20-13-6-7-15(24)22(16(13)25)10-14(23)21-27;/h1-5,12-13,27H,6-10,18H2,(H,21,23)(H2,19,20,26);1H/t12-,13-;/m0./s1. The normalized spacial score (nSPS) is 17.4. The Hall–Kier alpha value is -2.69. The Bertz CT molecular complexity index is 702. The Balaban J connectivity index is 0.00000392. The monoisotopic (exact) mass is 413 g/mol. The molecule has 5 amide bonds. The van der Waals surface area contributed by atoms with Gasteiger partial charge in [-0.05, 0) is 18.4 Å². The van der Waals surface area contributed by atoms with Gasteiger partial charge in [0.2, 0.25) is 5.91 Å². The summed E-state index contributed by atoms with van der Waals surface area (Å²) in [6.07, 6.45) is 0.726. The topological polar surface area (TPSA) is 154 Å². The van der Waals surface area contributed by atoms with Crippen molar-refractivity contribution in [1.82, 2.24) is 21.0 Å². The Kier molecular flexibility index (Phi) is 9.36. The quantitative estimate of drug-likeness (QED) is 0.226. The second-order valence-electron chi connectivity index (χ2n) is 6.25. The lowest BCUT2D eigenvalue weighted by Crippen LogP contribution is -2.58. The lowest BCUT2D eigenvalue weighted by atomic mass is 10.0. The summed E-state index contributed by atoms with van der Waals surface area (Å²) in [5.74, 6) is -2.13. The summed E-state index contributed by atoms with van der Waals surface area (Å²) in [6, 6.07) is 7.77. The molecule has 1 aliphatic heterocycles. The predicted molar refractivity (Wildman–Crippen MR) is 102 cm³/mol. The number of halogens is 1. The van der Waals surface area contributed by atoms with E-state index in [-0.39, 0.29) is 37.8 Å². The molecule has 1 aromatic carbocycles. The fourth-order valence-corrected chi connectivity index (χ4v) is 2.74. The van der Waals surface area contributed by atoms with Crippen molar-refractivity contribution < 1.29 is 24.4 Å². The minimum absolute atomic E-state index is 0. The molecular formula is C17H24ClN5O5. The molecule has 0 spiro atoms. The third kappa shape index (κ3) is 6.80. The van der Waals surface area contributed by atoms with E-state index in [2.05, 4.69) is 10.6 Å². The van der Waals surface area contributed by atoms with E-state index in [1.807, 2.05) is 30.3 Å². The molecule has 28 heavy (non-hydrogen) atoms. The van der Waals surface area contributed by atoms with Crippen molar-refractivity contribution in [1.29, 1.82) is 0 Å². The maximum absolute atomic E-state index is 12.3. The molecule has 154 valence electrons. The highest BCUT2D eigenvalue weighted by Crippen LogP contribution is 2.13. The molecule has 1 saturated heterocycles. The molecule has 11 heteroatoms. The summed E-state index contributed by atoms with van der Waals surface area (Å²) in [7, 11) is 0. The number of hydrogen-bond acceptors (Lipinski definition) is 6. The van der Waals surface area contributed by atoms with E-state index >= 15 is 0 Å². The fraction of sp³-hybridized carbons (Fsp3) is 0.412. The third-order valence-electron chi connectivity index (χ3n) is 4.11. The second-order valence-corrected chi connectivity index (χ2v) is 6.25. The number of rotatable bonds is 7. The zero-order valence-electron chi connectivity index (χ0n) is 15.1. The smallest absolute Gasteiger partial charge is 0.315 e. The zero-order valence-corrected chi connectivity index (χ0v) is 15.9. The van der Waals surface area contributed by atoms with Crippen LogP contribution in [0.2, 0.25) is 0 Å². The molecule has 0 aliphatic carbocycles. The molecule has 0 aromatic heterocycles. The molecule has 0 bridgehead atoms. The average Bonchev–Trinajstić information content (AvgIpc) is 2.66. The van der Waals surface area contributed by atoms with Crippen LogP contribution in [0.3, 0.4) is 0 Å². The van der Waals surface area contributed by atoms with Crippen LogP contribution < -0.4 is 21.8 Å². The summed E-state index contributed by atoms with van der Waals surface area (Å²) in [5.41, 5.74) is 8.40. The van der Waals surface area contributed by atoms with E-state index < -0.39 is 36.3 Å². The Morgan fingerprint density at radius 2 is 1.93 bits per heavy atom. The van der Waals surface area contributed by atoms with E-state index in [0.717, 1.165) is 5.56 Å². The summed E-state index contributed by atoms with van der Waals surface area (Å²) in [4.78, 5) is 48.0. The van der Waals surface area contributed by atoms with Crippen molar-refractivity contribution >= 4 is 36.2 Å². The number of benzene rings is 1. The predicted octanol–water partition coefficient (Wildman–Crippen LogP) is -0.700. The van der Waals surface area contributed by atoms with E-state index in [1.165, 1.54) is 5.48 Å². The molecule has 0 unspecified atom stereocenters. The van der Waals surface area contributed by atoms with Crippen LogP contribution in [-0.2, 0) is 20.8 Å². The van der Waals surface area contributed by atoms with Gasteiger partial charge in [-0.15, -0.1) is 12.4 Å². The number of hydroxylamine groups is 1. The number of nitrogens with two attached hydrogens (primary N) is 1. The third-order valence-corrected chi connectivity index (χ3v) is 4.11. The van der Waals surface area contributed by atoms with E-state index in [9.17, 15) is 19.2 Å². The molecule has 2 rings (SSSR count). The number of nitrogens with one attached hydrogen (secondary N) is 3. The summed E-state index contributed by atoms with van der Waals surface area (Å²) in [5, 5.41) is 13.6. The van der Waals surface area contributed by atoms with Crippen LogP contribution in [-0.4, -0.2) is 59.0 Å². The molecule has 1 aliphatic rings. The first-order chi connectivity index (χ1) is 12.9. The number of nitrogens with zero attached hydrogens (tertiary/aromatic N) is 1. The highest BCUT2D eigenvalue weighted by Gasteiger charge is 2.36. The first-order valence-electron chi connectivity index (χ1n) is 8.51. The van der Waals surface area contributed by atoms with Crippen molar-refractivity contribution in [2.24, 2.45) is 5.73 Å². The summed E-state index contributed by atoms with van der Waals surface area (Å²) in [6.45, 7) is -0.396. The lowest BCUT2D eigenvalue weighted by molar-refractivity contribution is -0.153. The molecule has 1 aromatic rings. The van der Waals surface area contributed by atoms with Crippen molar-refractivity contribution in [3.05, 3.63) is 35.9 Å². The highest BCUT2D eigenvalue weighted by atomic mass is 35.5. The Labute approximate surface area is 168 Å². The van der Waals surface area contributed by atoms with Gasteiger partial charge in [-0.2, -0.15) is 0 Å². The van der Waals surface area contributed by atoms with Crippen molar-refractivity contribution in [2.75, 3.05) is 13.1 Å². The molecule has 2 atom stereocenters.